The van der Waals surface area contributed by atoms with E-state index in [2.05, 4.69) is 41.1 Å². The van der Waals surface area contributed by atoms with Crippen molar-refractivity contribution in [2.75, 3.05) is 51.8 Å². The summed E-state index contributed by atoms with van der Waals surface area (Å²) in [6.45, 7) is 5.03. The number of piperazine rings is 1. The Labute approximate surface area is 161 Å². The number of carbonyl (C=O) groups is 1. The zero-order valence-corrected chi connectivity index (χ0v) is 16.0. The zero-order chi connectivity index (χ0) is 18.8. The molecular formula is C22H27N3O2. The molecule has 2 fully saturated rings. The average Bonchev–Trinajstić information content (AvgIpc) is 2.72. The normalized spacial score (nSPS) is 23.9. The summed E-state index contributed by atoms with van der Waals surface area (Å²) in [4.78, 5) is 19.8. The van der Waals surface area contributed by atoms with E-state index in [-0.39, 0.29) is 17.9 Å². The van der Waals surface area contributed by atoms with Crippen LogP contribution in [-0.4, -0.2) is 62.6 Å². The molecule has 2 aliphatic heterocycles. The third-order valence-corrected chi connectivity index (χ3v) is 5.76. The second-order valence-electron chi connectivity index (χ2n) is 7.47. The summed E-state index contributed by atoms with van der Waals surface area (Å²) in [5.74, 6) is 1.03. The Morgan fingerprint density at radius 2 is 1.63 bits per heavy atom. The van der Waals surface area contributed by atoms with Gasteiger partial charge >= 0.3 is 0 Å². The first-order chi connectivity index (χ1) is 13.2. The summed E-state index contributed by atoms with van der Waals surface area (Å²) in [6, 6.07) is 18.3. The van der Waals surface area contributed by atoms with Crippen LogP contribution in [0.3, 0.4) is 0 Å². The summed E-state index contributed by atoms with van der Waals surface area (Å²) >= 11 is 0. The highest BCUT2D eigenvalue weighted by atomic mass is 16.5. The van der Waals surface area contributed by atoms with Crippen LogP contribution in [0.4, 0.5) is 5.69 Å². The van der Waals surface area contributed by atoms with E-state index in [4.69, 9.17) is 4.74 Å². The van der Waals surface area contributed by atoms with Crippen LogP contribution in [0.25, 0.3) is 0 Å². The van der Waals surface area contributed by atoms with E-state index in [0.29, 0.717) is 0 Å². The molecule has 27 heavy (non-hydrogen) atoms. The molecule has 142 valence electrons. The van der Waals surface area contributed by atoms with E-state index in [1.165, 1.54) is 5.56 Å². The molecule has 2 saturated heterocycles. The molecule has 2 atom stereocenters. The van der Waals surface area contributed by atoms with Crippen molar-refractivity contribution in [2.45, 2.75) is 6.04 Å². The van der Waals surface area contributed by atoms with Crippen molar-refractivity contribution in [3.8, 4) is 5.75 Å². The fraction of sp³-hybridized carbons (Fsp3) is 0.409. The van der Waals surface area contributed by atoms with Crippen LogP contribution in [0, 0.1) is 5.92 Å². The minimum atomic E-state index is 0.0120. The number of rotatable bonds is 5. The van der Waals surface area contributed by atoms with Gasteiger partial charge in [-0.2, -0.15) is 0 Å². The maximum atomic E-state index is 13.1. The van der Waals surface area contributed by atoms with Gasteiger partial charge in [-0.3, -0.25) is 9.69 Å². The summed E-state index contributed by atoms with van der Waals surface area (Å²) in [5.41, 5.74) is 2.14. The highest BCUT2D eigenvalue weighted by Gasteiger charge is 2.49. The molecule has 0 aromatic heterocycles. The first kappa shape index (κ1) is 18.0. The standard InChI is InChI=1S/C22H27N3O2/c1-23-12-14-24(15-13-23)16-20-21(17-6-4-3-5-7-17)25(22(20)26)18-8-10-19(27-2)11-9-18/h3-11,20-21H,12-16H2,1-2H3/t20-,21-/m0/s1. The van der Waals surface area contributed by atoms with Crippen LogP contribution in [-0.2, 0) is 4.79 Å². The molecule has 2 aliphatic rings. The minimum absolute atomic E-state index is 0.0120. The number of β-lactam (4-membered cyclic amide) rings is 1. The maximum absolute atomic E-state index is 13.1. The highest BCUT2D eigenvalue weighted by Crippen LogP contribution is 2.44. The Kier molecular flexibility index (Phi) is 5.14. The maximum Gasteiger partial charge on any atom is 0.234 e. The van der Waals surface area contributed by atoms with Crippen LogP contribution in [0.1, 0.15) is 11.6 Å². The van der Waals surface area contributed by atoms with Crippen molar-refractivity contribution < 1.29 is 9.53 Å². The summed E-state index contributed by atoms with van der Waals surface area (Å²) in [5, 5.41) is 0. The van der Waals surface area contributed by atoms with Crippen LogP contribution in [0.2, 0.25) is 0 Å². The van der Waals surface area contributed by atoms with Gasteiger partial charge in [0.1, 0.15) is 5.75 Å². The van der Waals surface area contributed by atoms with E-state index in [0.717, 1.165) is 44.2 Å². The summed E-state index contributed by atoms with van der Waals surface area (Å²) < 4.78 is 5.26. The lowest BCUT2D eigenvalue weighted by Crippen LogP contribution is -2.60. The second-order valence-corrected chi connectivity index (χ2v) is 7.47. The van der Waals surface area contributed by atoms with E-state index in [9.17, 15) is 4.79 Å². The summed E-state index contributed by atoms with van der Waals surface area (Å²) in [7, 11) is 3.81. The summed E-state index contributed by atoms with van der Waals surface area (Å²) in [6.07, 6.45) is 0. The molecule has 2 heterocycles. The van der Waals surface area contributed by atoms with Gasteiger partial charge in [-0.05, 0) is 36.9 Å². The third kappa shape index (κ3) is 3.57. The molecule has 0 bridgehead atoms. The smallest absolute Gasteiger partial charge is 0.234 e. The van der Waals surface area contributed by atoms with Crippen LogP contribution < -0.4 is 9.64 Å². The number of hydrogen-bond acceptors (Lipinski definition) is 4. The molecule has 0 unspecified atom stereocenters. The molecule has 0 N–H and O–H groups in total. The molecule has 5 nitrogen and oxygen atoms in total. The predicted molar refractivity (Wildman–Crippen MR) is 107 cm³/mol. The molecule has 0 saturated carbocycles. The topological polar surface area (TPSA) is 36.0 Å². The Bertz CT molecular complexity index is 770. The van der Waals surface area contributed by atoms with Crippen LogP contribution in [0.5, 0.6) is 5.75 Å². The van der Waals surface area contributed by atoms with E-state index in [1.807, 2.05) is 35.2 Å². The van der Waals surface area contributed by atoms with E-state index >= 15 is 0 Å². The number of nitrogens with zero attached hydrogens (tertiary/aromatic N) is 3. The van der Waals surface area contributed by atoms with Gasteiger partial charge in [0.2, 0.25) is 5.91 Å². The fourth-order valence-corrected chi connectivity index (χ4v) is 4.10. The molecular weight excluding hydrogens is 338 g/mol. The Hall–Kier alpha value is -2.37. The number of anilines is 1. The highest BCUT2D eigenvalue weighted by molar-refractivity contribution is 6.03. The Morgan fingerprint density at radius 3 is 2.26 bits per heavy atom. The minimum Gasteiger partial charge on any atom is -0.497 e. The lowest BCUT2D eigenvalue weighted by Gasteiger charge is -2.49. The second kappa shape index (κ2) is 7.71. The van der Waals surface area contributed by atoms with Gasteiger partial charge in [-0.1, -0.05) is 30.3 Å². The lowest BCUT2D eigenvalue weighted by molar-refractivity contribution is -0.131. The number of hydrogen-bond donors (Lipinski definition) is 0. The van der Waals surface area contributed by atoms with Gasteiger partial charge in [0.25, 0.3) is 0 Å². The van der Waals surface area contributed by atoms with Crippen molar-refractivity contribution >= 4 is 11.6 Å². The van der Waals surface area contributed by atoms with Crippen molar-refractivity contribution in [1.29, 1.82) is 0 Å². The third-order valence-electron chi connectivity index (χ3n) is 5.76. The molecule has 2 aromatic carbocycles. The number of carbonyl (C=O) groups excluding carboxylic acids is 1. The van der Waals surface area contributed by atoms with Gasteiger partial charge in [0, 0.05) is 38.4 Å². The SMILES string of the molecule is COc1ccc(N2C(=O)[C@@H](CN3CCN(C)CC3)[C@@H]2c2ccccc2)cc1. The van der Waals surface area contributed by atoms with Crippen LogP contribution in [0.15, 0.2) is 54.6 Å². The van der Waals surface area contributed by atoms with Crippen molar-refractivity contribution in [2.24, 2.45) is 5.92 Å². The Morgan fingerprint density at radius 1 is 0.963 bits per heavy atom. The number of likely N-dealkylation sites (N-methyl/N-ethyl adjacent to an activating group) is 1. The largest absolute Gasteiger partial charge is 0.497 e. The first-order valence-electron chi connectivity index (χ1n) is 9.60. The Balaban J connectivity index is 1.57. The number of benzene rings is 2. The number of amides is 1. The molecule has 4 rings (SSSR count). The van der Waals surface area contributed by atoms with Crippen LogP contribution >= 0.6 is 0 Å². The zero-order valence-electron chi connectivity index (χ0n) is 16.0. The monoisotopic (exact) mass is 365 g/mol. The molecule has 0 radical (unpaired) electrons. The predicted octanol–water partition coefficient (Wildman–Crippen LogP) is 2.65. The molecule has 0 spiro atoms. The quantitative estimate of drug-likeness (QED) is 0.764. The number of methoxy groups -OCH3 is 1. The van der Waals surface area contributed by atoms with E-state index < -0.39 is 0 Å². The van der Waals surface area contributed by atoms with Gasteiger partial charge in [0.15, 0.2) is 0 Å². The van der Waals surface area contributed by atoms with E-state index in [1.54, 1.807) is 7.11 Å². The molecule has 0 aliphatic carbocycles. The van der Waals surface area contributed by atoms with Gasteiger partial charge in [0.05, 0.1) is 19.1 Å². The van der Waals surface area contributed by atoms with Crippen molar-refractivity contribution in [3.05, 3.63) is 60.2 Å². The number of ether oxygens (including phenoxy) is 1. The molecule has 1 amide bonds. The molecule has 2 aromatic rings. The molecule has 5 heteroatoms. The average molecular weight is 365 g/mol. The first-order valence-corrected chi connectivity index (χ1v) is 9.60. The lowest BCUT2D eigenvalue weighted by atomic mass is 9.81. The van der Waals surface area contributed by atoms with Crippen molar-refractivity contribution in [3.63, 3.8) is 0 Å². The van der Waals surface area contributed by atoms with Gasteiger partial charge < -0.3 is 14.5 Å². The van der Waals surface area contributed by atoms with Crippen molar-refractivity contribution in [1.82, 2.24) is 9.80 Å². The fourth-order valence-electron chi connectivity index (χ4n) is 4.10. The van der Waals surface area contributed by atoms with Gasteiger partial charge in [-0.15, -0.1) is 0 Å². The van der Waals surface area contributed by atoms with Gasteiger partial charge in [-0.25, -0.2) is 0 Å².